The topological polar surface area (TPSA) is 88.7 Å². The van der Waals surface area contributed by atoms with Gasteiger partial charge >= 0.3 is 0 Å². The van der Waals surface area contributed by atoms with Crippen LogP contribution in [0.2, 0.25) is 0 Å². The fraction of sp³-hybridized carbons (Fsp3) is 0.100. The number of carbonyl (C=O) groups is 2. The summed E-state index contributed by atoms with van der Waals surface area (Å²) in [4.78, 5) is 25.4. The molecule has 0 fully saturated rings. The number of hydrogen-bond donors (Lipinski definition) is 3. The lowest BCUT2D eigenvalue weighted by molar-refractivity contribution is 0.0933. The lowest BCUT2D eigenvalue weighted by atomic mass is 10.1. The second kappa shape index (κ2) is 14.1. The maximum absolute atomic E-state index is 12.9. The van der Waals surface area contributed by atoms with Crippen LogP contribution in [0.4, 0.5) is 0 Å². The first-order chi connectivity index (χ1) is 19.0. The molecule has 4 aromatic rings. The van der Waals surface area contributed by atoms with Gasteiger partial charge in [0, 0.05) is 16.5 Å². The van der Waals surface area contributed by atoms with E-state index >= 15 is 0 Å². The highest BCUT2D eigenvalue weighted by atomic mass is 79.9. The van der Waals surface area contributed by atoms with Gasteiger partial charge < -0.3 is 9.47 Å². The van der Waals surface area contributed by atoms with E-state index in [0.717, 1.165) is 11.1 Å². The summed E-state index contributed by atoms with van der Waals surface area (Å²) >= 11 is 8.59. The number of carbonyl (C=O) groups excluding carboxylic acids is 2. The van der Waals surface area contributed by atoms with E-state index in [1.54, 1.807) is 42.5 Å². The Bertz CT molecular complexity index is 1420. The molecule has 7 nitrogen and oxygen atoms in total. The Morgan fingerprint density at radius 1 is 0.744 bits per heavy atom. The summed E-state index contributed by atoms with van der Waals surface area (Å²) in [6.45, 7) is 0.834. The summed E-state index contributed by atoms with van der Waals surface area (Å²) in [6, 6.07) is 31.6. The van der Waals surface area contributed by atoms with Crippen molar-refractivity contribution in [3.63, 3.8) is 0 Å². The van der Waals surface area contributed by atoms with Gasteiger partial charge in [0.2, 0.25) is 0 Å². The van der Waals surface area contributed by atoms with E-state index in [-0.39, 0.29) is 5.11 Å². The van der Waals surface area contributed by atoms with Gasteiger partial charge in [-0.2, -0.15) is 0 Å². The van der Waals surface area contributed by atoms with Crippen LogP contribution >= 0.6 is 28.1 Å². The van der Waals surface area contributed by atoms with Crippen molar-refractivity contribution in [1.82, 2.24) is 16.2 Å². The van der Waals surface area contributed by atoms with Crippen molar-refractivity contribution in [3.8, 4) is 11.5 Å². The third-order valence-corrected chi connectivity index (χ3v) is 6.26. The highest BCUT2D eigenvalue weighted by Gasteiger charge is 2.16. The van der Waals surface area contributed by atoms with Crippen molar-refractivity contribution in [2.24, 2.45) is 0 Å². The molecule has 0 saturated heterocycles. The van der Waals surface area contributed by atoms with Crippen molar-refractivity contribution < 1.29 is 19.1 Å². The monoisotopic (exact) mass is 603 g/mol. The first kappa shape index (κ1) is 27.8. The molecule has 0 saturated carbocycles. The van der Waals surface area contributed by atoms with Crippen LogP contribution in [0.15, 0.2) is 108 Å². The molecule has 4 rings (SSSR count). The molecule has 0 bridgehead atoms. The highest BCUT2D eigenvalue weighted by Crippen LogP contribution is 2.23. The number of thiocarbonyl (C=S) groups is 1. The Balaban J connectivity index is 1.26. The molecule has 0 atom stereocenters. The second-order valence-corrected chi connectivity index (χ2v) is 9.71. The number of hydrogen-bond acceptors (Lipinski definition) is 5. The van der Waals surface area contributed by atoms with Crippen molar-refractivity contribution in [1.29, 1.82) is 0 Å². The Morgan fingerprint density at radius 3 is 2.10 bits per heavy atom. The summed E-state index contributed by atoms with van der Waals surface area (Å²) in [5.41, 5.74) is 7.93. The molecule has 39 heavy (non-hydrogen) atoms. The molecule has 0 spiro atoms. The van der Waals surface area contributed by atoms with Gasteiger partial charge in [-0.1, -0.05) is 76.6 Å². The van der Waals surface area contributed by atoms with Crippen molar-refractivity contribution >= 4 is 45.1 Å². The second-order valence-electron chi connectivity index (χ2n) is 8.39. The Labute approximate surface area is 240 Å². The van der Waals surface area contributed by atoms with E-state index in [4.69, 9.17) is 21.7 Å². The number of halogens is 1. The lowest BCUT2D eigenvalue weighted by Gasteiger charge is -2.14. The number of nitrogens with one attached hydrogen (secondary N) is 3. The molecule has 0 aliphatic heterocycles. The summed E-state index contributed by atoms with van der Waals surface area (Å²) in [7, 11) is 0. The van der Waals surface area contributed by atoms with Crippen LogP contribution in [-0.4, -0.2) is 23.5 Å². The van der Waals surface area contributed by atoms with Crippen LogP contribution in [0.25, 0.3) is 0 Å². The summed E-state index contributed by atoms with van der Waals surface area (Å²) in [6.07, 6.45) is 0.699. The van der Waals surface area contributed by atoms with E-state index in [2.05, 4.69) is 32.1 Å². The smallest absolute Gasteiger partial charge is 0.269 e. The number of benzene rings is 4. The standard InChI is InChI=1S/C30H26BrN3O4S/c31-24-13-16-27(37-18-17-21-7-3-1-4-8-21)26(19-24)29(36)32-30(39)34-33-28(35)23-11-14-25(15-12-23)38-20-22-9-5-2-6-10-22/h1-16,19H,17-18,20H2,(H,33,35)(H2,32,34,36,39). The van der Waals surface area contributed by atoms with Gasteiger partial charge in [0.1, 0.15) is 18.1 Å². The molecule has 9 heteroatoms. The van der Waals surface area contributed by atoms with Gasteiger partial charge in [0.25, 0.3) is 11.8 Å². The van der Waals surface area contributed by atoms with Crippen molar-refractivity contribution in [2.75, 3.05) is 6.61 Å². The molecule has 3 N–H and O–H groups in total. The van der Waals surface area contributed by atoms with Gasteiger partial charge in [-0.05, 0) is 65.8 Å². The van der Waals surface area contributed by atoms with Crippen LogP contribution in [-0.2, 0) is 13.0 Å². The van der Waals surface area contributed by atoms with E-state index in [1.807, 2.05) is 60.7 Å². The predicted octanol–water partition coefficient (Wildman–Crippen LogP) is 5.60. The van der Waals surface area contributed by atoms with Crippen LogP contribution in [0, 0.1) is 0 Å². The summed E-state index contributed by atoms with van der Waals surface area (Å²) < 4.78 is 12.3. The molecule has 0 aliphatic rings. The fourth-order valence-electron chi connectivity index (χ4n) is 3.56. The van der Waals surface area contributed by atoms with Crippen LogP contribution in [0.1, 0.15) is 31.8 Å². The quantitative estimate of drug-likeness (QED) is 0.170. The predicted molar refractivity (Wildman–Crippen MR) is 158 cm³/mol. The molecule has 198 valence electrons. The zero-order valence-electron chi connectivity index (χ0n) is 20.9. The maximum atomic E-state index is 12.9. The molecule has 0 aliphatic carbocycles. The number of hydrazine groups is 1. The Morgan fingerprint density at radius 2 is 1.41 bits per heavy atom. The third kappa shape index (κ3) is 8.66. The van der Waals surface area contributed by atoms with Crippen molar-refractivity contribution in [2.45, 2.75) is 13.0 Å². The van der Waals surface area contributed by atoms with Gasteiger partial charge in [0.15, 0.2) is 5.11 Å². The van der Waals surface area contributed by atoms with E-state index in [1.165, 1.54) is 0 Å². The average Bonchev–Trinajstić information content (AvgIpc) is 2.97. The SMILES string of the molecule is O=C(NNC(=S)NC(=O)c1cc(Br)ccc1OCCc1ccccc1)c1ccc(OCc2ccccc2)cc1. The largest absolute Gasteiger partial charge is 0.492 e. The first-order valence-corrected chi connectivity index (χ1v) is 13.3. The zero-order valence-corrected chi connectivity index (χ0v) is 23.3. The maximum Gasteiger partial charge on any atom is 0.269 e. The van der Waals surface area contributed by atoms with E-state index < -0.39 is 11.8 Å². The summed E-state index contributed by atoms with van der Waals surface area (Å²) in [5, 5.41) is 2.50. The molecule has 4 aromatic carbocycles. The molecular formula is C30H26BrN3O4S. The van der Waals surface area contributed by atoms with Crippen LogP contribution in [0.3, 0.4) is 0 Å². The minimum atomic E-state index is -0.474. The number of amides is 2. The van der Waals surface area contributed by atoms with Gasteiger partial charge in [-0.25, -0.2) is 0 Å². The van der Waals surface area contributed by atoms with E-state index in [0.29, 0.717) is 46.7 Å². The van der Waals surface area contributed by atoms with Crippen molar-refractivity contribution in [3.05, 3.63) is 130 Å². The Hall–Kier alpha value is -4.21. The lowest BCUT2D eigenvalue weighted by Crippen LogP contribution is -2.48. The Kier molecular flexibility index (Phi) is 10.0. The molecule has 0 heterocycles. The molecule has 0 aromatic heterocycles. The van der Waals surface area contributed by atoms with Crippen LogP contribution in [0.5, 0.6) is 11.5 Å². The number of rotatable bonds is 9. The fourth-order valence-corrected chi connectivity index (χ4v) is 4.06. The molecule has 2 amide bonds. The minimum absolute atomic E-state index is 0.0635. The normalized spacial score (nSPS) is 10.3. The van der Waals surface area contributed by atoms with Gasteiger partial charge in [-0.3, -0.25) is 25.8 Å². The average molecular weight is 605 g/mol. The third-order valence-electron chi connectivity index (χ3n) is 5.56. The zero-order chi connectivity index (χ0) is 27.5. The first-order valence-electron chi connectivity index (χ1n) is 12.1. The van der Waals surface area contributed by atoms with Gasteiger partial charge in [0.05, 0.1) is 12.2 Å². The van der Waals surface area contributed by atoms with Gasteiger partial charge in [-0.15, -0.1) is 0 Å². The summed E-state index contributed by atoms with van der Waals surface area (Å²) in [5.74, 6) is 0.168. The molecule has 0 radical (unpaired) electrons. The van der Waals surface area contributed by atoms with E-state index in [9.17, 15) is 9.59 Å². The molecular weight excluding hydrogens is 578 g/mol. The minimum Gasteiger partial charge on any atom is -0.492 e. The molecule has 0 unspecified atom stereocenters. The van der Waals surface area contributed by atoms with Crippen LogP contribution < -0.4 is 25.6 Å². The highest BCUT2D eigenvalue weighted by molar-refractivity contribution is 9.10. The number of ether oxygens (including phenoxy) is 2.